The van der Waals surface area contributed by atoms with E-state index in [0.717, 1.165) is 55.8 Å². The van der Waals surface area contributed by atoms with Gasteiger partial charge >= 0.3 is 0 Å². The van der Waals surface area contributed by atoms with E-state index in [-0.39, 0.29) is 0 Å². The first-order valence-corrected chi connectivity index (χ1v) is 21.9. The number of nitrogens with one attached hydrogen (secondary N) is 1. The molecule has 0 aliphatic rings. The first-order valence-electron chi connectivity index (χ1n) is 21.9. The van der Waals surface area contributed by atoms with Crippen LogP contribution in [0.25, 0.3) is 99.4 Å². The topological polar surface area (TPSA) is 38.0 Å². The average molecular weight is 817 g/mol. The highest BCUT2D eigenvalue weighted by Crippen LogP contribution is 2.50. The molecule has 0 aromatic heterocycles. The molecular formula is C62H44N2. The average Bonchev–Trinajstić information content (AvgIpc) is 3.37. The van der Waals surface area contributed by atoms with Crippen LogP contribution >= 0.6 is 0 Å². The molecule has 0 fully saturated rings. The minimum Gasteiger partial charge on any atom is -0.398 e. The second kappa shape index (κ2) is 16.8. The van der Waals surface area contributed by atoms with Crippen LogP contribution in [0.3, 0.4) is 0 Å². The highest BCUT2D eigenvalue weighted by Gasteiger charge is 2.23. The summed E-state index contributed by atoms with van der Waals surface area (Å²) in [6.45, 7) is 0. The fraction of sp³-hybridized carbons (Fsp3) is 0. The molecular weight excluding hydrogens is 773 g/mol. The van der Waals surface area contributed by atoms with Gasteiger partial charge in [0.2, 0.25) is 0 Å². The van der Waals surface area contributed by atoms with E-state index in [1.54, 1.807) is 0 Å². The third-order valence-electron chi connectivity index (χ3n) is 12.4. The van der Waals surface area contributed by atoms with Crippen molar-refractivity contribution >= 4 is 38.6 Å². The fourth-order valence-corrected chi connectivity index (χ4v) is 9.60. The Balaban J connectivity index is 1.22. The Bertz CT molecular complexity index is 3440. The van der Waals surface area contributed by atoms with E-state index in [9.17, 15) is 0 Å². The lowest BCUT2D eigenvalue weighted by Crippen LogP contribution is -2.02. The lowest BCUT2D eigenvalue weighted by Gasteiger charge is -2.24. The van der Waals surface area contributed by atoms with E-state index < -0.39 is 0 Å². The van der Waals surface area contributed by atoms with E-state index in [0.29, 0.717) is 0 Å². The minimum absolute atomic E-state index is 0.744. The summed E-state index contributed by atoms with van der Waals surface area (Å²) in [4.78, 5) is 0. The van der Waals surface area contributed by atoms with Gasteiger partial charge in [-0.2, -0.15) is 0 Å². The number of rotatable bonds is 9. The highest BCUT2D eigenvalue weighted by molar-refractivity contribution is 6.24. The van der Waals surface area contributed by atoms with E-state index in [2.05, 4.69) is 248 Å². The van der Waals surface area contributed by atoms with Gasteiger partial charge in [-0.15, -0.1) is 0 Å². The number of hydrogen-bond acceptors (Lipinski definition) is 2. The maximum atomic E-state index is 7.32. The Hall–Kier alpha value is -8.46. The maximum Gasteiger partial charge on any atom is 0.0481 e. The van der Waals surface area contributed by atoms with Crippen LogP contribution in [-0.2, 0) is 0 Å². The molecule has 11 rings (SSSR count). The van der Waals surface area contributed by atoms with Crippen molar-refractivity contribution in [3.8, 4) is 77.9 Å². The van der Waals surface area contributed by atoms with Crippen molar-refractivity contribution in [1.29, 1.82) is 0 Å². The van der Waals surface area contributed by atoms with Crippen LogP contribution in [0.4, 0.5) is 17.1 Å². The summed E-state index contributed by atoms with van der Waals surface area (Å²) in [5.41, 5.74) is 25.8. The van der Waals surface area contributed by atoms with Gasteiger partial charge in [-0.25, -0.2) is 0 Å². The SMILES string of the molecule is Nc1c(-c2ccccc2)cc(Nc2ccc3c(-c4ccccc4-c4ccccc4)c4ccccc4c(-c4ccccc4-c4ccccc4)c3c2)c(-c2ccccc2)c1-c1ccccc1. The quantitative estimate of drug-likeness (QED) is 0.112. The Morgan fingerprint density at radius 1 is 0.250 bits per heavy atom. The Labute approximate surface area is 374 Å². The summed E-state index contributed by atoms with van der Waals surface area (Å²) in [5, 5.41) is 8.77. The maximum absolute atomic E-state index is 7.32. The van der Waals surface area contributed by atoms with Gasteiger partial charge in [0.1, 0.15) is 0 Å². The van der Waals surface area contributed by atoms with Gasteiger partial charge in [0.25, 0.3) is 0 Å². The predicted molar refractivity (Wildman–Crippen MR) is 274 cm³/mol. The smallest absolute Gasteiger partial charge is 0.0481 e. The summed E-state index contributed by atoms with van der Waals surface area (Å²) in [6, 6.07) is 88.9. The monoisotopic (exact) mass is 816 g/mol. The molecule has 0 heterocycles. The number of benzene rings is 11. The number of nitrogen functional groups attached to an aromatic ring is 1. The normalized spacial score (nSPS) is 11.2. The zero-order chi connectivity index (χ0) is 42.8. The standard InChI is InChI=1S/C62H44N2/c63-62-55(44-26-10-3-11-27-44)41-57(58(45-28-12-4-13-29-45)59(62)46-30-14-5-15-31-46)64-47-38-39-54-56(40-47)61(51-35-19-17-33-49(51)43-24-8-2-9-25-43)53-37-21-20-36-52(53)60(54)50-34-18-16-32-48(50)42-22-6-1-7-23-42/h1-41,64H,63H2. The molecule has 0 spiro atoms. The largest absolute Gasteiger partial charge is 0.398 e. The molecule has 2 nitrogen and oxygen atoms in total. The summed E-state index contributed by atoms with van der Waals surface area (Å²) < 4.78 is 0. The molecule has 3 N–H and O–H groups in total. The van der Waals surface area contributed by atoms with Crippen LogP contribution < -0.4 is 11.1 Å². The number of fused-ring (bicyclic) bond motifs is 2. The molecule has 0 radical (unpaired) electrons. The Kier molecular flexibility index (Phi) is 10.1. The van der Waals surface area contributed by atoms with Crippen molar-refractivity contribution in [3.63, 3.8) is 0 Å². The highest BCUT2D eigenvalue weighted by atomic mass is 14.9. The van der Waals surface area contributed by atoms with Gasteiger partial charge < -0.3 is 11.1 Å². The van der Waals surface area contributed by atoms with Gasteiger partial charge in [-0.05, 0) is 101 Å². The van der Waals surface area contributed by atoms with Crippen LogP contribution in [0.1, 0.15) is 0 Å². The van der Waals surface area contributed by atoms with Crippen molar-refractivity contribution in [2.45, 2.75) is 0 Å². The summed E-state index contributed by atoms with van der Waals surface area (Å²) in [5.74, 6) is 0. The van der Waals surface area contributed by atoms with Crippen LogP contribution in [0, 0.1) is 0 Å². The Morgan fingerprint density at radius 3 is 1.09 bits per heavy atom. The van der Waals surface area contributed by atoms with Gasteiger partial charge in [0, 0.05) is 33.8 Å². The van der Waals surface area contributed by atoms with Crippen LogP contribution in [0.5, 0.6) is 0 Å². The minimum atomic E-state index is 0.744. The summed E-state index contributed by atoms with van der Waals surface area (Å²) in [6.07, 6.45) is 0. The molecule has 0 aliphatic carbocycles. The first kappa shape index (κ1) is 38.5. The number of hydrogen-bond donors (Lipinski definition) is 2. The van der Waals surface area contributed by atoms with Crippen LogP contribution in [-0.4, -0.2) is 0 Å². The number of anilines is 3. The molecule has 11 aromatic rings. The third kappa shape index (κ3) is 6.98. The zero-order valence-electron chi connectivity index (χ0n) is 35.2. The van der Waals surface area contributed by atoms with Crippen molar-refractivity contribution in [3.05, 3.63) is 249 Å². The second-order valence-electron chi connectivity index (χ2n) is 16.2. The molecule has 302 valence electrons. The van der Waals surface area contributed by atoms with Gasteiger partial charge in [0.05, 0.1) is 0 Å². The van der Waals surface area contributed by atoms with E-state index in [1.165, 1.54) is 60.7 Å². The fourth-order valence-electron chi connectivity index (χ4n) is 9.60. The Morgan fingerprint density at radius 2 is 0.609 bits per heavy atom. The zero-order valence-corrected chi connectivity index (χ0v) is 35.2. The van der Waals surface area contributed by atoms with E-state index in [1.807, 2.05) is 6.07 Å². The van der Waals surface area contributed by atoms with Crippen molar-refractivity contribution in [1.82, 2.24) is 0 Å². The van der Waals surface area contributed by atoms with Crippen molar-refractivity contribution < 1.29 is 0 Å². The van der Waals surface area contributed by atoms with E-state index >= 15 is 0 Å². The molecule has 0 atom stereocenters. The molecule has 0 aliphatic heterocycles. The molecule has 0 unspecified atom stereocenters. The van der Waals surface area contributed by atoms with Gasteiger partial charge in [-0.3, -0.25) is 0 Å². The van der Waals surface area contributed by atoms with Crippen LogP contribution in [0.15, 0.2) is 249 Å². The molecule has 64 heavy (non-hydrogen) atoms. The first-order chi connectivity index (χ1) is 31.7. The number of nitrogens with two attached hydrogens (primary N) is 1. The lowest BCUT2D eigenvalue weighted by atomic mass is 9.82. The summed E-state index contributed by atoms with van der Waals surface area (Å²) >= 11 is 0. The molecule has 0 amide bonds. The van der Waals surface area contributed by atoms with E-state index in [4.69, 9.17) is 5.73 Å². The lowest BCUT2D eigenvalue weighted by molar-refractivity contribution is 1.52. The van der Waals surface area contributed by atoms with Crippen LogP contribution in [0.2, 0.25) is 0 Å². The van der Waals surface area contributed by atoms with Gasteiger partial charge in [0.15, 0.2) is 0 Å². The molecule has 0 saturated carbocycles. The summed E-state index contributed by atoms with van der Waals surface area (Å²) in [7, 11) is 0. The molecule has 11 aromatic carbocycles. The third-order valence-corrected chi connectivity index (χ3v) is 12.4. The molecule has 2 heteroatoms. The molecule has 0 saturated heterocycles. The van der Waals surface area contributed by atoms with Crippen molar-refractivity contribution in [2.24, 2.45) is 0 Å². The van der Waals surface area contributed by atoms with Gasteiger partial charge in [-0.1, -0.05) is 231 Å². The van der Waals surface area contributed by atoms with Crippen molar-refractivity contribution in [2.75, 3.05) is 11.1 Å². The molecule has 0 bridgehead atoms. The second-order valence-corrected chi connectivity index (χ2v) is 16.2. The predicted octanol–water partition coefficient (Wildman–Crippen LogP) is 17.0.